The number of methoxy groups -OCH3 is 1. The lowest BCUT2D eigenvalue weighted by molar-refractivity contribution is -0.145. The van der Waals surface area contributed by atoms with Crippen molar-refractivity contribution in [3.63, 3.8) is 0 Å². The molecule has 1 atom stereocenters. The number of esters is 1. The molecule has 0 fully saturated rings. The van der Waals surface area contributed by atoms with Crippen LogP contribution >= 0.6 is 15.9 Å². The summed E-state index contributed by atoms with van der Waals surface area (Å²) in [5, 5.41) is 2.54. The average molecular weight is 412 g/mol. The maximum Gasteiger partial charge on any atom is 0.328 e. The molecule has 2 aromatic carbocycles. The van der Waals surface area contributed by atoms with Crippen molar-refractivity contribution >= 4 is 27.8 Å². The molecule has 2 rings (SSSR count). The molecule has 25 heavy (non-hydrogen) atoms. The predicted octanol–water partition coefficient (Wildman–Crippen LogP) is 3.17. The fourth-order valence-electron chi connectivity index (χ4n) is 2.30. The molecule has 0 saturated carbocycles. The van der Waals surface area contributed by atoms with Crippen molar-refractivity contribution in [1.82, 2.24) is 5.32 Å². The quantitative estimate of drug-likeness (QED) is 0.742. The van der Waals surface area contributed by atoms with Crippen molar-refractivity contribution < 1.29 is 23.1 Å². The largest absolute Gasteiger partial charge is 0.467 e. The Bertz CT molecular complexity index is 783. The summed E-state index contributed by atoms with van der Waals surface area (Å²) in [6, 6.07) is 9.34. The minimum atomic E-state index is -0.917. The van der Waals surface area contributed by atoms with Gasteiger partial charge >= 0.3 is 5.97 Å². The topological polar surface area (TPSA) is 55.4 Å². The number of rotatable bonds is 6. The predicted molar refractivity (Wildman–Crippen MR) is 91.9 cm³/mol. The first-order chi connectivity index (χ1) is 11.9. The van der Waals surface area contributed by atoms with E-state index in [9.17, 15) is 18.4 Å². The second-order valence-electron chi connectivity index (χ2n) is 5.35. The van der Waals surface area contributed by atoms with Gasteiger partial charge in [-0.3, -0.25) is 4.79 Å². The van der Waals surface area contributed by atoms with Gasteiger partial charge in [-0.05, 0) is 23.3 Å². The molecule has 0 spiro atoms. The highest BCUT2D eigenvalue weighted by molar-refractivity contribution is 9.10. The van der Waals surface area contributed by atoms with Crippen LogP contribution in [-0.2, 0) is 27.2 Å². The number of ether oxygens (including phenoxy) is 1. The van der Waals surface area contributed by atoms with Gasteiger partial charge in [0.1, 0.15) is 17.7 Å². The number of nitrogens with one attached hydrogen (secondary N) is 1. The van der Waals surface area contributed by atoms with Crippen LogP contribution in [0.25, 0.3) is 0 Å². The molecular weight excluding hydrogens is 396 g/mol. The molecule has 0 heterocycles. The first-order valence-corrected chi connectivity index (χ1v) is 8.24. The monoisotopic (exact) mass is 411 g/mol. The normalized spacial score (nSPS) is 11.7. The molecule has 7 heteroatoms. The van der Waals surface area contributed by atoms with Crippen LogP contribution in [0.1, 0.15) is 11.1 Å². The van der Waals surface area contributed by atoms with Gasteiger partial charge in [0.15, 0.2) is 0 Å². The maximum atomic E-state index is 13.7. The van der Waals surface area contributed by atoms with E-state index in [1.165, 1.54) is 13.2 Å². The van der Waals surface area contributed by atoms with E-state index < -0.39 is 29.6 Å². The minimum Gasteiger partial charge on any atom is -0.467 e. The molecule has 132 valence electrons. The smallest absolute Gasteiger partial charge is 0.328 e. The number of amides is 1. The minimum absolute atomic E-state index is 0.0448. The molecule has 0 unspecified atom stereocenters. The Morgan fingerprint density at radius 2 is 1.88 bits per heavy atom. The number of carbonyl (C=O) groups excluding carboxylic acids is 2. The summed E-state index contributed by atoms with van der Waals surface area (Å²) in [5.41, 5.74) is 0.856. The Morgan fingerprint density at radius 3 is 2.52 bits per heavy atom. The van der Waals surface area contributed by atoms with Gasteiger partial charge in [-0.1, -0.05) is 40.2 Å². The number of carbonyl (C=O) groups is 2. The van der Waals surface area contributed by atoms with Crippen LogP contribution in [0.3, 0.4) is 0 Å². The summed E-state index contributed by atoms with van der Waals surface area (Å²) >= 11 is 3.38. The van der Waals surface area contributed by atoms with Gasteiger partial charge in [0.25, 0.3) is 0 Å². The first-order valence-electron chi connectivity index (χ1n) is 7.45. The number of hydrogen-bond donors (Lipinski definition) is 1. The molecule has 0 saturated heterocycles. The molecule has 4 nitrogen and oxygen atoms in total. The standard InChI is InChI=1S/C18H16BrF2NO3/c1-25-18(24)16(8-11-4-2-3-5-14(11)19)22-17(23)9-12-6-7-13(20)10-15(12)21/h2-7,10,16H,8-9H2,1H3,(H,22,23)/t16-/m0/s1. The Labute approximate surface area is 152 Å². The molecule has 1 amide bonds. The molecule has 0 bridgehead atoms. The average Bonchev–Trinajstić information content (AvgIpc) is 2.58. The lowest BCUT2D eigenvalue weighted by atomic mass is 10.1. The van der Waals surface area contributed by atoms with Gasteiger partial charge < -0.3 is 10.1 Å². The van der Waals surface area contributed by atoms with Crippen LogP contribution in [0.15, 0.2) is 46.9 Å². The van der Waals surface area contributed by atoms with Gasteiger partial charge in [0.05, 0.1) is 13.5 Å². The molecule has 0 radical (unpaired) electrons. The van der Waals surface area contributed by atoms with Gasteiger partial charge in [-0.15, -0.1) is 0 Å². The van der Waals surface area contributed by atoms with Gasteiger partial charge in [0.2, 0.25) is 5.91 Å². The summed E-state index contributed by atoms with van der Waals surface area (Å²) in [5.74, 6) is -2.70. The van der Waals surface area contributed by atoms with Crippen LogP contribution in [0.2, 0.25) is 0 Å². The van der Waals surface area contributed by atoms with Gasteiger partial charge in [-0.2, -0.15) is 0 Å². The fourth-order valence-corrected chi connectivity index (χ4v) is 2.75. The van der Waals surface area contributed by atoms with Crippen LogP contribution < -0.4 is 5.32 Å². The highest BCUT2D eigenvalue weighted by atomic mass is 79.9. The SMILES string of the molecule is COC(=O)[C@H](Cc1ccccc1Br)NC(=O)Cc1ccc(F)cc1F. The molecule has 0 aliphatic rings. The zero-order valence-corrected chi connectivity index (χ0v) is 15.0. The summed E-state index contributed by atoms with van der Waals surface area (Å²) in [6.45, 7) is 0. The van der Waals surface area contributed by atoms with Crippen LogP contribution in [0.5, 0.6) is 0 Å². The Morgan fingerprint density at radius 1 is 1.16 bits per heavy atom. The maximum absolute atomic E-state index is 13.7. The number of halogens is 3. The van der Waals surface area contributed by atoms with E-state index in [1.54, 1.807) is 0 Å². The van der Waals surface area contributed by atoms with E-state index in [-0.39, 0.29) is 18.4 Å². The van der Waals surface area contributed by atoms with Crippen molar-refractivity contribution in [2.24, 2.45) is 0 Å². The third kappa shape index (κ3) is 5.35. The molecule has 0 aliphatic carbocycles. The van der Waals surface area contributed by atoms with Crippen LogP contribution in [-0.4, -0.2) is 25.0 Å². The van der Waals surface area contributed by atoms with Crippen molar-refractivity contribution in [3.8, 4) is 0 Å². The second kappa shape index (κ2) is 8.71. The molecular formula is C18H16BrF2NO3. The summed E-state index contributed by atoms with van der Waals surface area (Å²) in [4.78, 5) is 24.1. The second-order valence-corrected chi connectivity index (χ2v) is 6.21. The first kappa shape index (κ1) is 19.1. The van der Waals surface area contributed by atoms with Crippen molar-refractivity contribution in [2.75, 3.05) is 7.11 Å². The third-order valence-electron chi connectivity index (χ3n) is 3.57. The zero-order valence-electron chi connectivity index (χ0n) is 13.4. The summed E-state index contributed by atoms with van der Waals surface area (Å²) in [6.07, 6.45) is -0.0959. The number of benzene rings is 2. The Kier molecular flexibility index (Phi) is 6.64. The highest BCUT2D eigenvalue weighted by Crippen LogP contribution is 2.18. The van der Waals surface area contributed by atoms with E-state index in [0.717, 1.165) is 16.1 Å². The Balaban J connectivity index is 2.09. The highest BCUT2D eigenvalue weighted by Gasteiger charge is 2.23. The van der Waals surface area contributed by atoms with E-state index in [4.69, 9.17) is 4.74 Å². The lowest BCUT2D eigenvalue weighted by Crippen LogP contribution is -2.43. The van der Waals surface area contributed by atoms with E-state index in [0.29, 0.717) is 6.07 Å². The van der Waals surface area contributed by atoms with Crippen LogP contribution in [0, 0.1) is 11.6 Å². The van der Waals surface area contributed by atoms with Crippen molar-refractivity contribution in [3.05, 3.63) is 69.7 Å². The molecule has 0 aromatic heterocycles. The number of hydrogen-bond acceptors (Lipinski definition) is 3. The van der Waals surface area contributed by atoms with Crippen LogP contribution in [0.4, 0.5) is 8.78 Å². The molecule has 0 aliphatic heterocycles. The van der Waals surface area contributed by atoms with E-state index >= 15 is 0 Å². The van der Waals surface area contributed by atoms with Crippen molar-refractivity contribution in [2.45, 2.75) is 18.9 Å². The lowest BCUT2D eigenvalue weighted by Gasteiger charge is -2.17. The summed E-state index contributed by atoms with van der Waals surface area (Å²) < 4.78 is 32.1. The molecule has 1 N–H and O–H groups in total. The van der Waals surface area contributed by atoms with Crippen molar-refractivity contribution in [1.29, 1.82) is 0 Å². The zero-order chi connectivity index (χ0) is 18.4. The van der Waals surface area contributed by atoms with E-state index in [1.807, 2.05) is 24.3 Å². The molecule has 2 aromatic rings. The third-order valence-corrected chi connectivity index (χ3v) is 4.34. The Hall–Kier alpha value is -2.28. The summed E-state index contributed by atoms with van der Waals surface area (Å²) in [7, 11) is 1.22. The van der Waals surface area contributed by atoms with Gasteiger partial charge in [-0.25, -0.2) is 13.6 Å². The van der Waals surface area contributed by atoms with E-state index in [2.05, 4.69) is 21.2 Å². The fraction of sp³-hybridized carbons (Fsp3) is 0.222. The van der Waals surface area contributed by atoms with Gasteiger partial charge in [0, 0.05) is 17.0 Å².